The molecule has 0 spiro atoms. The van der Waals surface area contributed by atoms with Gasteiger partial charge < -0.3 is 14.5 Å². The maximum Gasteiger partial charge on any atom is 0.489 e. The van der Waals surface area contributed by atoms with Crippen LogP contribution in [0.3, 0.4) is 0 Å². The lowest BCUT2D eigenvalue weighted by Gasteiger charge is -2.01. The van der Waals surface area contributed by atoms with E-state index in [1.807, 2.05) is 24.3 Å². The van der Waals surface area contributed by atoms with Gasteiger partial charge in [-0.1, -0.05) is 34.1 Å². The lowest BCUT2D eigenvalue weighted by molar-refractivity contribution is 0.426. The van der Waals surface area contributed by atoms with Crippen molar-refractivity contribution >= 4 is 50.4 Å². The predicted molar refractivity (Wildman–Crippen MR) is 71.2 cm³/mol. The molecule has 3 rings (SSSR count). The van der Waals surface area contributed by atoms with Gasteiger partial charge in [-0.05, 0) is 23.7 Å². The van der Waals surface area contributed by atoms with Crippen molar-refractivity contribution in [1.82, 2.24) is 0 Å². The average Bonchev–Trinajstić information content (AvgIpc) is 2.67. The number of halogens is 1. The molecule has 3 aromatic rings. The number of rotatable bonds is 1. The maximum absolute atomic E-state index is 9.39. The smallest absolute Gasteiger partial charge is 0.456 e. The first-order valence-electron chi connectivity index (χ1n) is 5.14. The minimum absolute atomic E-state index is 0.452. The summed E-state index contributed by atoms with van der Waals surface area (Å²) in [4.78, 5) is 0. The third-order valence-electron chi connectivity index (χ3n) is 2.78. The number of fused-ring (bicyclic) bond motifs is 3. The Kier molecular flexibility index (Phi) is 2.47. The highest BCUT2D eigenvalue weighted by Crippen LogP contribution is 2.32. The lowest BCUT2D eigenvalue weighted by atomic mass is 9.77. The van der Waals surface area contributed by atoms with E-state index in [0.717, 1.165) is 20.8 Å². The summed E-state index contributed by atoms with van der Waals surface area (Å²) < 4.78 is 6.55. The van der Waals surface area contributed by atoms with Crippen molar-refractivity contribution in [3.8, 4) is 0 Å². The van der Waals surface area contributed by atoms with E-state index in [-0.39, 0.29) is 0 Å². The molecule has 0 radical (unpaired) electrons. The van der Waals surface area contributed by atoms with Crippen LogP contribution >= 0.6 is 15.9 Å². The molecular formula is C12H8BBrO3. The van der Waals surface area contributed by atoms with Gasteiger partial charge in [-0.2, -0.15) is 0 Å². The molecular weight excluding hydrogens is 283 g/mol. The maximum atomic E-state index is 9.39. The van der Waals surface area contributed by atoms with E-state index in [1.54, 1.807) is 12.1 Å². The van der Waals surface area contributed by atoms with Gasteiger partial charge in [0.05, 0.1) is 0 Å². The fraction of sp³-hybridized carbons (Fsp3) is 0. The van der Waals surface area contributed by atoms with Crippen LogP contribution in [0.4, 0.5) is 0 Å². The third-order valence-corrected chi connectivity index (χ3v) is 3.44. The Bertz CT molecular complexity index is 705. The van der Waals surface area contributed by atoms with Gasteiger partial charge in [0.2, 0.25) is 0 Å². The van der Waals surface area contributed by atoms with Gasteiger partial charge in [0.25, 0.3) is 0 Å². The summed E-state index contributed by atoms with van der Waals surface area (Å²) >= 11 is 3.46. The first-order chi connectivity index (χ1) is 8.18. The number of hydrogen-bond donors (Lipinski definition) is 2. The van der Waals surface area contributed by atoms with Gasteiger partial charge in [-0.15, -0.1) is 0 Å². The van der Waals surface area contributed by atoms with E-state index < -0.39 is 7.12 Å². The Balaban J connectivity index is 2.57. The summed E-state index contributed by atoms with van der Waals surface area (Å²) in [6, 6.07) is 10.9. The number of hydrogen-bond acceptors (Lipinski definition) is 3. The van der Waals surface area contributed by atoms with Crippen molar-refractivity contribution in [3.63, 3.8) is 0 Å². The third kappa shape index (κ3) is 1.58. The topological polar surface area (TPSA) is 53.6 Å². The Morgan fingerprint density at radius 2 is 1.59 bits per heavy atom. The van der Waals surface area contributed by atoms with Gasteiger partial charge in [-0.25, -0.2) is 0 Å². The molecule has 0 saturated carbocycles. The summed E-state index contributed by atoms with van der Waals surface area (Å²) in [5.41, 5.74) is 1.83. The van der Waals surface area contributed by atoms with E-state index >= 15 is 0 Å². The summed E-state index contributed by atoms with van der Waals surface area (Å²) in [7, 11) is -1.51. The standard InChI is InChI=1S/C12H8BBrO3/c14-8-4-2-6-10-12(8)11-7(13(15)16)3-1-5-9(11)17-10/h1-6,15-16H. The van der Waals surface area contributed by atoms with E-state index in [1.165, 1.54) is 0 Å². The molecule has 0 fully saturated rings. The van der Waals surface area contributed by atoms with Gasteiger partial charge >= 0.3 is 7.12 Å². The molecule has 2 N–H and O–H groups in total. The first-order valence-corrected chi connectivity index (χ1v) is 5.93. The SMILES string of the molecule is OB(O)c1cccc2oc3cccc(Br)c3c12. The Morgan fingerprint density at radius 3 is 2.29 bits per heavy atom. The van der Waals surface area contributed by atoms with Crippen LogP contribution in [0.1, 0.15) is 0 Å². The molecule has 1 aromatic heterocycles. The molecule has 0 unspecified atom stereocenters. The number of furan rings is 1. The second-order valence-electron chi connectivity index (χ2n) is 3.81. The van der Waals surface area contributed by atoms with Crippen molar-refractivity contribution in [2.75, 3.05) is 0 Å². The van der Waals surface area contributed by atoms with Crippen LogP contribution in [0.5, 0.6) is 0 Å². The molecule has 0 aliphatic heterocycles. The Morgan fingerprint density at radius 1 is 0.941 bits per heavy atom. The van der Waals surface area contributed by atoms with Crippen LogP contribution in [-0.2, 0) is 0 Å². The minimum atomic E-state index is -1.51. The fourth-order valence-corrected chi connectivity index (χ4v) is 2.61. The Hall–Kier alpha value is -1.30. The van der Waals surface area contributed by atoms with Crippen LogP contribution < -0.4 is 5.46 Å². The molecule has 0 bridgehead atoms. The highest BCUT2D eigenvalue weighted by molar-refractivity contribution is 9.10. The van der Waals surface area contributed by atoms with Gasteiger partial charge in [0, 0.05) is 15.2 Å². The van der Waals surface area contributed by atoms with E-state index in [4.69, 9.17) is 4.42 Å². The van der Waals surface area contributed by atoms with Gasteiger partial charge in [0.1, 0.15) is 11.2 Å². The van der Waals surface area contributed by atoms with Crippen molar-refractivity contribution in [2.45, 2.75) is 0 Å². The van der Waals surface area contributed by atoms with Crippen LogP contribution in [0.2, 0.25) is 0 Å². The molecule has 84 valence electrons. The van der Waals surface area contributed by atoms with Crippen LogP contribution in [0, 0.1) is 0 Å². The van der Waals surface area contributed by atoms with Crippen LogP contribution in [-0.4, -0.2) is 17.2 Å². The summed E-state index contributed by atoms with van der Waals surface area (Å²) in [5.74, 6) is 0. The molecule has 3 nitrogen and oxygen atoms in total. The summed E-state index contributed by atoms with van der Waals surface area (Å²) in [5, 5.41) is 20.4. The van der Waals surface area contributed by atoms with E-state index in [9.17, 15) is 10.0 Å². The van der Waals surface area contributed by atoms with Crippen molar-refractivity contribution < 1.29 is 14.5 Å². The summed E-state index contributed by atoms with van der Waals surface area (Å²) in [6.45, 7) is 0. The van der Waals surface area contributed by atoms with Crippen molar-refractivity contribution in [2.24, 2.45) is 0 Å². The molecule has 5 heteroatoms. The molecule has 0 aliphatic rings. The van der Waals surface area contributed by atoms with Gasteiger partial charge in [0.15, 0.2) is 0 Å². The average molecular weight is 291 g/mol. The molecule has 1 heterocycles. The Labute approximate surface area is 106 Å². The zero-order valence-corrected chi connectivity index (χ0v) is 10.3. The van der Waals surface area contributed by atoms with Crippen molar-refractivity contribution in [3.05, 3.63) is 40.9 Å². The predicted octanol–water partition coefficient (Wildman–Crippen LogP) is 2.03. The fourth-order valence-electron chi connectivity index (χ4n) is 2.07. The molecule has 0 amide bonds. The molecule has 0 saturated heterocycles. The van der Waals surface area contributed by atoms with E-state index in [0.29, 0.717) is 11.0 Å². The zero-order valence-electron chi connectivity index (χ0n) is 8.72. The minimum Gasteiger partial charge on any atom is -0.456 e. The molecule has 2 aromatic carbocycles. The quantitative estimate of drug-likeness (QED) is 0.674. The number of benzene rings is 2. The highest BCUT2D eigenvalue weighted by Gasteiger charge is 2.19. The molecule has 0 aliphatic carbocycles. The molecule has 17 heavy (non-hydrogen) atoms. The van der Waals surface area contributed by atoms with Crippen LogP contribution in [0.25, 0.3) is 21.9 Å². The normalized spacial score (nSPS) is 11.2. The lowest BCUT2D eigenvalue weighted by Crippen LogP contribution is -2.30. The highest BCUT2D eigenvalue weighted by atomic mass is 79.9. The summed E-state index contributed by atoms with van der Waals surface area (Å²) in [6.07, 6.45) is 0. The monoisotopic (exact) mass is 290 g/mol. The van der Waals surface area contributed by atoms with Crippen molar-refractivity contribution in [1.29, 1.82) is 0 Å². The first kappa shape index (κ1) is 10.8. The van der Waals surface area contributed by atoms with Crippen LogP contribution in [0.15, 0.2) is 45.3 Å². The second-order valence-corrected chi connectivity index (χ2v) is 4.66. The largest absolute Gasteiger partial charge is 0.489 e. The van der Waals surface area contributed by atoms with Gasteiger partial charge in [-0.3, -0.25) is 0 Å². The van der Waals surface area contributed by atoms with E-state index in [2.05, 4.69) is 15.9 Å². The molecule has 0 atom stereocenters. The zero-order chi connectivity index (χ0) is 12.0. The second kappa shape index (κ2) is 3.87.